The molecule has 1 heterocycles. The fourth-order valence-corrected chi connectivity index (χ4v) is 2.35. The summed E-state index contributed by atoms with van der Waals surface area (Å²) in [4.78, 5) is 0. The average molecular weight is 228 g/mol. The van der Waals surface area contributed by atoms with E-state index >= 15 is 0 Å². The van der Waals surface area contributed by atoms with E-state index in [1.165, 1.54) is 12.8 Å². The van der Waals surface area contributed by atoms with Crippen LogP contribution in [0.5, 0.6) is 0 Å². The maximum Gasteiger partial charge on any atom is 0.225 e. The molecule has 3 nitrogen and oxygen atoms in total. The van der Waals surface area contributed by atoms with Crippen molar-refractivity contribution in [1.82, 2.24) is 14.8 Å². The zero-order valence-electron chi connectivity index (χ0n) is 9.79. The summed E-state index contributed by atoms with van der Waals surface area (Å²) in [5, 5.41) is 8.74. The van der Waals surface area contributed by atoms with Crippen LogP contribution in [0.2, 0.25) is 5.28 Å². The molecule has 4 heteroatoms. The van der Waals surface area contributed by atoms with E-state index in [2.05, 4.69) is 42.5 Å². The first-order valence-electron chi connectivity index (χ1n) is 5.52. The predicted molar refractivity (Wildman–Crippen MR) is 61.2 cm³/mol. The van der Waals surface area contributed by atoms with Gasteiger partial charge in [-0.3, -0.25) is 4.57 Å². The van der Waals surface area contributed by atoms with Gasteiger partial charge in [0.25, 0.3) is 0 Å². The second-order valence-electron chi connectivity index (χ2n) is 5.53. The highest BCUT2D eigenvalue weighted by atomic mass is 35.5. The number of nitrogens with zero attached hydrogens (tertiary/aromatic N) is 3. The first kappa shape index (κ1) is 10.9. The van der Waals surface area contributed by atoms with Crippen molar-refractivity contribution in [3.8, 4) is 0 Å². The Labute approximate surface area is 95.8 Å². The lowest BCUT2D eigenvalue weighted by molar-refractivity contribution is 0.191. The predicted octanol–water partition coefficient (Wildman–Crippen LogP) is 3.20. The minimum atomic E-state index is 0.00938. The van der Waals surface area contributed by atoms with Crippen molar-refractivity contribution >= 4 is 11.6 Å². The number of aromatic nitrogens is 3. The summed E-state index contributed by atoms with van der Waals surface area (Å²) in [6.45, 7) is 8.70. The van der Waals surface area contributed by atoms with E-state index in [9.17, 15) is 0 Å². The van der Waals surface area contributed by atoms with Crippen molar-refractivity contribution in [2.75, 3.05) is 0 Å². The van der Waals surface area contributed by atoms with E-state index < -0.39 is 0 Å². The second-order valence-corrected chi connectivity index (χ2v) is 5.87. The van der Waals surface area contributed by atoms with E-state index in [1.807, 2.05) is 0 Å². The summed E-state index contributed by atoms with van der Waals surface area (Å²) in [7, 11) is 0. The normalized spacial score (nSPS) is 26.5. The molecular weight excluding hydrogens is 210 g/mol. The molecule has 15 heavy (non-hydrogen) atoms. The van der Waals surface area contributed by atoms with Gasteiger partial charge in [-0.25, -0.2) is 0 Å². The molecule has 2 rings (SSSR count). The molecule has 2 atom stereocenters. The van der Waals surface area contributed by atoms with Crippen LogP contribution in [0, 0.1) is 5.92 Å². The topological polar surface area (TPSA) is 30.7 Å². The van der Waals surface area contributed by atoms with Gasteiger partial charge < -0.3 is 0 Å². The molecule has 0 aromatic carbocycles. The van der Waals surface area contributed by atoms with E-state index in [4.69, 9.17) is 11.6 Å². The monoisotopic (exact) mass is 227 g/mol. The number of hydrogen-bond donors (Lipinski definition) is 0. The van der Waals surface area contributed by atoms with Crippen molar-refractivity contribution in [3.05, 3.63) is 11.1 Å². The van der Waals surface area contributed by atoms with Gasteiger partial charge in [-0.2, -0.15) is 0 Å². The van der Waals surface area contributed by atoms with E-state index in [1.54, 1.807) is 0 Å². The number of rotatable bonds is 1. The van der Waals surface area contributed by atoms with Gasteiger partial charge in [-0.1, -0.05) is 27.7 Å². The Morgan fingerprint density at radius 1 is 1.27 bits per heavy atom. The standard InChI is InChI=1S/C11H18ClN3/c1-7-5-6-8(7)15-9(11(2,3)4)13-14-10(15)12/h7-8H,5-6H2,1-4H3. The molecule has 1 aromatic heterocycles. The van der Waals surface area contributed by atoms with E-state index in [-0.39, 0.29) is 5.41 Å². The third-order valence-electron chi connectivity index (χ3n) is 3.23. The molecule has 0 bridgehead atoms. The first-order valence-corrected chi connectivity index (χ1v) is 5.90. The molecule has 0 radical (unpaired) electrons. The van der Waals surface area contributed by atoms with Crippen LogP contribution in [-0.2, 0) is 5.41 Å². The van der Waals surface area contributed by atoms with E-state index in [0.717, 1.165) is 5.82 Å². The highest BCUT2D eigenvalue weighted by Gasteiger charge is 2.34. The molecule has 84 valence electrons. The summed E-state index contributed by atoms with van der Waals surface area (Å²) >= 11 is 6.11. The van der Waals surface area contributed by atoms with Crippen LogP contribution >= 0.6 is 11.6 Å². The molecule has 0 saturated heterocycles. The lowest BCUT2D eigenvalue weighted by Gasteiger charge is -2.37. The summed E-state index contributed by atoms with van der Waals surface area (Å²) < 4.78 is 2.12. The van der Waals surface area contributed by atoms with Crippen molar-refractivity contribution < 1.29 is 0 Å². The fraction of sp³-hybridized carbons (Fsp3) is 0.818. The van der Waals surface area contributed by atoms with Gasteiger partial charge in [0, 0.05) is 11.5 Å². The molecule has 0 spiro atoms. The summed E-state index contributed by atoms with van der Waals surface area (Å²) in [6.07, 6.45) is 2.48. The molecule has 1 aliphatic rings. The molecular formula is C11H18ClN3. The maximum atomic E-state index is 6.11. The number of halogens is 1. The van der Waals surface area contributed by atoms with Crippen LogP contribution < -0.4 is 0 Å². The molecule has 1 fully saturated rings. The smallest absolute Gasteiger partial charge is 0.225 e. The van der Waals surface area contributed by atoms with Gasteiger partial charge in [0.2, 0.25) is 5.28 Å². The molecule has 1 aromatic rings. The van der Waals surface area contributed by atoms with Gasteiger partial charge >= 0.3 is 0 Å². The van der Waals surface area contributed by atoms with E-state index in [0.29, 0.717) is 17.2 Å². The van der Waals surface area contributed by atoms with Crippen molar-refractivity contribution in [2.45, 2.75) is 52.0 Å². The Hall–Kier alpha value is -0.570. The first-order chi connectivity index (χ1) is 6.91. The lowest BCUT2D eigenvalue weighted by atomic mass is 9.80. The van der Waals surface area contributed by atoms with Gasteiger partial charge in [0.05, 0.1) is 0 Å². The van der Waals surface area contributed by atoms with Crippen LogP contribution in [0.3, 0.4) is 0 Å². The maximum absolute atomic E-state index is 6.11. The minimum Gasteiger partial charge on any atom is -0.298 e. The Bertz CT molecular complexity index is 364. The Kier molecular flexibility index (Phi) is 2.53. The van der Waals surface area contributed by atoms with Crippen molar-refractivity contribution in [3.63, 3.8) is 0 Å². The zero-order valence-corrected chi connectivity index (χ0v) is 10.5. The van der Waals surface area contributed by atoms with Crippen LogP contribution in [0.25, 0.3) is 0 Å². The van der Waals surface area contributed by atoms with Crippen LogP contribution in [0.15, 0.2) is 0 Å². The minimum absolute atomic E-state index is 0.00938. The van der Waals surface area contributed by atoms with Gasteiger partial charge in [-0.05, 0) is 30.4 Å². The lowest BCUT2D eigenvalue weighted by Crippen LogP contribution is -2.31. The Morgan fingerprint density at radius 3 is 2.33 bits per heavy atom. The summed E-state index contributed by atoms with van der Waals surface area (Å²) in [5.74, 6) is 1.70. The molecule has 0 N–H and O–H groups in total. The van der Waals surface area contributed by atoms with Gasteiger partial charge in [-0.15, -0.1) is 10.2 Å². The van der Waals surface area contributed by atoms with Crippen LogP contribution in [-0.4, -0.2) is 14.8 Å². The summed E-state index contributed by atoms with van der Waals surface area (Å²) in [6, 6.07) is 0.502. The fourth-order valence-electron chi connectivity index (χ4n) is 2.11. The van der Waals surface area contributed by atoms with Crippen molar-refractivity contribution in [1.29, 1.82) is 0 Å². The molecule has 0 amide bonds. The molecule has 0 aliphatic heterocycles. The van der Waals surface area contributed by atoms with Crippen molar-refractivity contribution in [2.24, 2.45) is 5.92 Å². The Morgan fingerprint density at radius 2 is 1.93 bits per heavy atom. The molecule has 1 saturated carbocycles. The second kappa shape index (κ2) is 3.48. The summed E-state index contributed by atoms with van der Waals surface area (Å²) in [5.41, 5.74) is 0.00938. The Balaban J connectivity index is 2.41. The largest absolute Gasteiger partial charge is 0.298 e. The molecule has 1 aliphatic carbocycles. The van der Waals surface area contributed by atoms with Gasteiger partial charge in [0.1, 0.15) is 5.82 Å². The molecule has 2 unspecified atom stereocenters. The number of hydrogen-bond acceptors (Lipinski definition) is 2. The highest BCUT2D eigenvalue weighted by molar-refractivity contribution is 6.28. The average Bonchev–Trinajstić information content (AvgIpc) is 2.45. The SMILES string of the molecule is CC1CCC1n1c(Cl)nnc1C(C)(C)C. The van der Waals surface area contributed by atoms with Crippen LogP contribution in [0.1, 0.15) is 52.4 Å². The van der Waals surface area contributed by atoms with Gasteiger partial charge in [0.15, 0.2) is 0 Å². The quantitative estimate of drug-likeness (QED) is 0.738. The third kappa shape index (κ3) is 1.78. The zero-order chi connectivity index (χ0) is 11.2. The van der Waals surface area contributed by atoms with Crippen LogP contribution in [0.4, 0.5) is 0 Å². The highest BCUT2D eigenvalue weighted by Crippen LogP contribution is 2.41. The third-order valence-corrected chi connectivity index (χ3v) is 3.49.